The maximum atomic E-state index is 14.1. The highest BCUT2D eigenvalue weighted by Gasteiger charge is 2.77. The van der Waals surface area contributed by atoms with Gasteiger partial charge in [0.05, 0.1) is 18.9 Å². The number of carbonyl (C=O) groups excluding carboxylic acids is 1. The van der Waals surface area contributed by atoms with E-state index in [0.29, 0.717) is 41.2 Å². The lowest BCUT2D eigenvalue weighted by atomic mass is 9.58. The second-order valence-corrected chi connectivity index (χ2v) is 14.0. The molecule has 2 aromatic rings. The summed E-state index contributed by atoms with van der Waals surface area (Å²) in [5, 5.41) is 40.0. The highest BCUT2D eigenvalue weighted by Crippen LogP contribution is 2.71. The molecule has 42 heavy (non-hydrogen) atoms. The van der Waals surface area contributed by atoms with Gasteiger partial charge in [0, 0.05) is 31.1 Å². The number of rotatable bonds is 6. The van der Waals surface area contributed by atoms with Crippen molar-refractivity contribution < 1.29 is 29.6 Å². The molecule has 4 aliphatic carbocycles. The van der Waals surface area contributed by atoms with Crippen LogP contribution >= 0.6 is 0 Å². The maximum Gasteiger partial charge on any atom is 0.357 e. The van der Waals surface area contributed by atoms with Crippen molar-refractivity contribution in [3.8, 4) is 11.1 Å². The molecule has 4 aliphatic rings. The first-order valence-corrected chi connectivity index (χ1v) is 15.5. The number of aryl methyl sites for hydroxylation is 2. The molecule has 2 bridgehead atoms. The van der Waals surface area contributed by atoms with Gasteiger partial charge in [0.1, 0.15) is 17.8 Å². The SMILES string of the molecule is COC1[C@H]2C=C(CO)[C@@H](O)[C@]3(O)[C@@H](OC(=O)c4c(-c5ccccc5C)cnn4C)C(C)C[C@]13[C@H](C)C[C@H]1C(C(C)C)[C@@H]21. The van der Waals surface area contributed by atoms with Gasteiger partial charge in [0.25, 0.3) is 0 Å². The van der Waals surface area contributed by atoms with Crippen LogP contribution in [0.1, 0.15) is 56.6 Å². The lowest BCUT2D eigenvalue weighted by molar-refractivity contribution is -0.230. The Hall–Kier alpha value is -2.52. The molecule has 1 heterocycles. The van der Waals surface area contributed by atoms with E-state index in [-0.39, 0.29) is 23.4 Å². The predicted octanol–water partition coefficient (Wildman–Crippen LogP) is 4.16. The minimum absolute atomic E-state index is 0.0137. The van der Waals surface area contributed by atoms with E-state index < -0.39 is 41.9 Å². The molecule has 1 aromatic heterocycles. The summed E-state index contributed by atoms with van der Waals surface area (Å²) in [6.07, 6.45) is 2.25. The lowest BCUT2D eigenvalue weighted by Gasteiger charge is -2.53. The largest absolute Gasteiger partial charge is 0.454 e. The molecule has 1 spiro atoms. The van der Waals surface area contributed by atoms with Crippen LogP contribution in [-0.4, -0.2) is 68.7 Å². The Kier molecular flexibility index (Phi) is 7.24. The van der Waals surface area contributed by atoms with E-state index in [1.165, 1.54) is 4.68 Å². The standard InChI is InChI=1S/C34H46N2O6/c1-17(2)26-23-12-20(5)33-14-19(4)30(34(33,40)29(38)21(16-37)13-24(27(23)26)31(33)41-7)42-32(39)28-25(15-35-36(28)6)22-11-9-8-10-18(22)3/h8-11,13,15,17,19-20,23-24,26-27,29-31,37-38,40H,12,14,16H2,1-7H3/t19?,20-,23+,24+,26?,27-,29-,30+,31?,33+,34+/m1/s1. The van der Waals surface area contributed by atoms with E-state index in [2.05, 4.69) is 25.9 Å². The minimum Gasteiger partial charge on any atom is -0.454 e. The van der Waals surface area contributed by atoms with Crippen molar-refractivity contribution in [2.75, 3.05) is 13.7 Å². The smallest absolute Gasteiger partial charge is 0.357 e. The van der Waals surface area contributed by atoms with Crippen LogP contribution in [-0.2, 0) is 16.5 Å². The third kappa shape index (κ3) is 3.87. The lowest BCUT2D eigenvalue weighted by Crippen LogP contribution is -2.66. The van der Waals surface area contributed by atoms with E-state index in [9.17, 15) is 20.1 Å². The number of hydrogen-bond acceptors (Lipinski definition) is 7. The fraction of sp³-hybridized carbons (Fsp3) is 0.647. The molecule has 3 saturated carbocycles. The second-order valence-electron chi connectivity index (χ2n) is 14.0. The van der Waals surface area contributed by atoms with Gasteiger partial charge >= 0.3 is 5.97 Å². The average molecular weight is 579 g/mol. The summed E-state index contributed by atoms with van der Waals surface area (Å²) < 4.78 is 14.2. The normalized spacial score (nSPS) is 40.5. The van der Waals surface area contributed by atoms with Crippen molar-refractivity contribution >= 4 is 5.97 Å². The van der Waals surface area contributed by atoms with Gasteiger partial charge in [-0.25, -0.2) is 4.79 Å². The van der Waals surface area contributed by atoms with Gasteiger partial charge in [0.15, 0.2) is 5.69 Å². The molecular weight excluding hydrogens is 532 g/mol. The quantitative estimate of drug-likeness (QED) is 0.348. The number of hydrogen-bond donors (Lipinski definition) is 3. The van der Waals surface area contributed by atoms with Crippen LogP contribution in [0.5, 0.6) is 0 Å². The maximum absolute atomic E-state index is 14.1. The van der Waals surface area contributed by atoms with Gasteiger partial charge in [0.2, 0.25) is 0 Å². The first-order chi connectivity index (χ1) is 19.9. The fourth-order valence-electron chi connectivity index (χ4n) is 9.97. The monoisotopic (exact) mass is 578 g/mol. The van der Waals surface area contributed by atoms with Gasteiger partial charge in [-0.15, -0.1) is 0 Å². The number of benzene rings is 1. The van der Waals surface area contributed by atoms with Crippen LogP contribution in [0.3, 0.4) is 0 Å². The van der Waals surface area contributed by atoms with Crippen molar-refractivity contribution in [2.24, 2.45) is 53.9 Å². The second kappa shape index (κ2) is 10.3. The molecule has 6 rings (SSSR count). The topological polar surface area (TPSA) is 114 Å². The summed E-state index contributed by atoms with van der Waals surface area (Å²) in [5.74, 6) is 0.943. The Labute approximate surface area is 248 Å². The van der Waals surface area contributed by atoms with Crippen LogP contribution in [0.25, 0.3) is 11.1 Å². The summed E-state index contributed by atoms with van der Waals surface area (Å²) >= 11 is 0. The summed E-state index contributed by atoms with van der Waals surface area (Å²) in [5.41, 5.74) is 0.459. The molecule has 8 nitrogen and oxygen atoms in total. The van der Waals surface area contributed by atoms with E-state index in [0.717, 1.165) is 17.5 Å². The van der Waals surface area contributed by atoms with Crippen LogP contribution < -0.4 is 0 Å². The van der Waals surface area contributed by atoms with E-state index in [1.807, 2.05) is 44.2 Å². The van der Waals surface area contributed by atoms with Crippen molar-refractivity contribution in [2.45, 2.75) is 71.4 Å². The Morgan fingerprint density at radius 3 is 2.55 bits per heavy atom. The molecule has 0 aliphatic heterocycles. The van der Waals surface area contributed by atoms with Crippen molar-refractivity contribution in [1.29, 1.82) is 0 Å². The highest BCUT2D eigenvalue weighted by molar-refractivity contribution is 5.96. The van der Waals surface area contributed by atoms with Crippen LogP contribution in [0.4, 0.5) is 0 Å². The summed E-state index contributed by atoms with van der Waals surface area (Å²) in [4.78, 5) is 14.1. The van der Waals surface area contributed by atoms with Gasteiger partial charge in [-0.05, 0) is 72.0 Å². The number of aliphatic hydroxyl groups excluding tert-OH is 2. The average Bonchev–Trinajstić information content (AvgIpc) is 3.49. The molecule has 1 aromatic carbocycles. The molecule has 0 radical (unpaired) electrons. The van der Waals surface area contributed by atoms with Crippen LogP contribution in [0.15, 0.2) is 42.1 Å². The van der Waals surface area contributed by atoms with Crippen LogP contribution in [0, 0.1) is 53.8 Å². The third-order valence-corrected chi connectivity index (χ3v) is 11.6. The number of carbonyl (C=O) groups is 1. The summed E-state index contributed by atoms with van der Waals surface area (Å²) in [6.45, 7) is 10.3. The number of aliphatic hydroxyl groups is 3. The Morgan fingerprint density at radius 2 is 1.90 bits per heavy atom. The zero-order valence-electron chi connectivity index (χ0n) is 25.8. The fourth-order valence-corrected chi connectivity index (χ4v) is 9.97. The Bertz CT molecular complexity index is 1400. The van der Waals surface area contributed by atoms with Crippen LogP contribution in [0.2, 0.25) is 0 Å². The van der Waals surface area contributed by atoms with Crippen molar-refractivity contribution in [1.82, 2.24) is 9.78 Å². The third-order valence-electron chi connectivity index (χ3n) is 11.6. The van der Waals surface area contributed by atoms with Crippen molar-refractivity contribution in [3.63, 3.8) is 0 Å². The van der Waals surface area contributed by atoms with Gasteiger partial charge in [-0.1, -0.05) is 58.0 Å². The highest BCUT2D eigenvalue weighted by atomic mass is 16.6. The number of fused-ring (bicyclic) bond motifs is 3. The predicted molar refractivity (Wildman–Crippen MR) is 158 cm³/mol. The molecule has 0 amide bonds. The van der Waals surface area contributed by atoms with Gasteiger partial charge in [-0.3, -0.25) is 4.68 Å². The molecule has 228 valence electrons. The molecule has 3 N–H and O–H groups in total. The number of esters is 1. The summed E-state index contributed by atoms with van der Waals surface area (Å²) in [6, 6.07) is 7.80. The Morgan fingerprint density at radius 1 is 1.19 bits per heavy atom. The first-order valence-electron chi connectivity index (χ1n) is 15.5. The molecule has 11 atom stereocenters. The zero-order chi connectivity index (χ0) is 30.3. The van der Waals surface area contributed by atoms with E-state index in [1.54, 1.807) is 20.4 Å². The Balaban J connectivity index is 1.45. The first kappa shape index (κ1) is 29.5. The van der Waals surface area contributed by atoms with Crippen molar-refractivity contribution in [3.05, 3.63) is 53.4 Å². The number of methoxy groups -OCH3 is 1. The van der Waals surface area contributed by atoms with E-state index >= 15 is 0 Å². The van der Waals surface area contributed by atoms with Gasteiger partial charge in [-0.2, -0.15) is 5.10 Å². The number of nitrogens with zero attached hydrogens (tertiary/aromatic N) is 2. The molecule has 8 heteroatoms. The minimum atomic E-state index is -1.86. The molecule has 3 fully saturated rings. The summed E-state index contributed by atoms with van der Waals surface area (Å²) in [7, 11) is 3.40. The number of aromatic nitrogens is 2. The molecule has 0 saturated heterocycles. The van der Waals surface area contributed by atoms with Gasteiger partial charge < -0.3 is 24.8 Å². The zero-order valence-corrected chi connectivity index (χ0v) is 25.8. The number of ether oxygens (including phenoxy) is 2. The molecule has 3 unspecified atom stereocenters. The molecular formula is C34H46N2O6. The van der Waals surface area contributed by atoms with E-state index in [4.69, 9.17) is 9.47 Å².